The molecule has 2 rings (SSSR count). The Morgan fingerprint density at radius 2 is 1.77 bits per heavy atom. The highest BCUT2D eigenvalue weighted by Gasteiger charge is 2.08. The lowest BCUT2D eigenvalue weighted by Gasteiger charge is -2.06. The summed E-state index contributed by atoms with van der Waals surface area (Å²) in [6.45, 7) is 0. The summed E-state index contributed by atoms with van der Waals surface area (Å²) in [4.78, 5) is 23.2. The third-order valence-electron chi connectivity index (χ3n) is 2.82. The van der Waals surface area contributed by atoms with Gasteiger partial charge in [0.15, 0.2) is 0 Å². The van der Waals surface area contributed by atoms with Crippen LogP contribution in [0, 0.1) is 0 Å². The topological polar surface area (TPSA) is 72.2 Å². The first kappa shape index (κ1) is 16.1. The smallest absolute Gasteiger partial charge is 0.250 e. The Kier molecular flexibility index (Phi) is 5.20. The molecule has 0 aromatic heterocycles. The summed E-state index contributed by atoms with van der Waals surface area (Å²) in [5.74, 6) is -0.996. The van der Waals surface area contributed by atoms with E-state index in [1.165, 1.54) is 6.08 Å². The van der Waals surface area contributed by atoms with E-state index in [1.54, 1.807) is 48.5 Å². The molecule has 0 saturated carbocycles. The molecule has 3 N–H and O–H groups in total. The third-order valence-corrected chi connectivity index (χ3v) is 3.56. The lowest BCUT2D eigenvalue weighted by molar-refractivity contribution is -0.111. The number of rotatable bonds is 4. The Balaban J connectivity index is 2.11. The number of amides is 2. The number of hydrogen-bond donors (Lipinski definition) is 2. The quantitative estimate of drug-likeness (QED) is 0.836. The highest BCUT2D eigenvalue weighted by atomic mass is 35.5. The van der Waals surface area contributed by atoms with Crippen molar-refractivity contribution < 1.29 is 9.59 Å². The van der Waals surface area contributed by atoms with Gasteiger partial charge in [-0.1, -0.05) is 41.4 Å². The van der Waals surface area contributed by atoms with Gasteiger partial charge in [0.25, 0.3) is 5.91 Å². The van der Waals surface area contributed by atoms with Crippen molar-refractivity contribution in [2.24, 2.45) is 5.73 Å². The fraction of sp³-hybridized carbons (Fsp3) is 0. The zero-order chi connectivity index (χ0) is 16.1. The van der Waals surface area contributed by atoms with Crippen LogP contribution in [-0.4, -0.2) is 11.8 Å². The number of carbonyl (C=O) groups excluding carboxylic acids is 2. The fourth-order valence-electron chi connectivity index (χ4n) is 1.77. The van der Waals surface area contributed by atoms with E-state index in [1.807, 2.05) is 0 Å². The van der Waals surface area contributed by atoms with Crippen molar-refractivity contribution in [1.82, 2.24) is 0 Å². The van der Waals surface area contributed by atoms with Crippen LogP contribution in [0.3, 0.4) is 0 Å². The van der Waals surface area contributed by atoms with Crippen molar-refractivity contribution in [3.05, 3.63) is 69.7 Å². The van der Waals surface area contributed by atoms with Crippen molar-refractivity contribution in [1.29, 1.82) is 0 Å². The van der Waals surface area contributed by atoms with E-state index in [0.29, 0.717) is 15.7 Å². The summed E-state index contributed by atoms with van der Waals surface area (Å²) in [5, 5.41) is 3.45. The minimum atomic E-state index is -0.607. The first-order valence-corrected chi connectivity index (χ1v) is 7.06. The molecule has 0 unspecified atom stereocenters. The number of halogens is 2. The first-order chi connectivity index (χ1) is 10.5. The van der Waals surface area contributed by atoms with E-state index in [9.17, 15) is 9.59 Å². The maximum atomic E-state index is 11.9. The summed E-state index contributed by atoms with van der Waals surface area (Å²) in [6, 6.07) is 11.5. The van der Waals surface area contributed by atoms with Gasteiger partial charge in [0.2, 0.25) is 5.91 Å². The summed E-state index contributed by atoms with van der Waals surface area (Å²) < 4.78 is 0. The zero-order valence-corrected chi connectivity index (χ0v) is 12.9. The summed E-state index contributed by atoms with van der Waals surface area (Å²) in [7, 11) is 0. The van der Waals surface area contributed by atoms with Crippen molar-refractivity contribution in [3.63, 3.8) is 0 Å². The molecular weight excluding hydrogens is 323 g/mol. The van der Waals surface area contributed by atoms with Gasteiger partial charge in [0, 0.05) is 6.08 Å². The van der Waals surface area contributed by atoms with Gasteiger partial charge in [-0.2, -0.15) is 0 Å². The molecule has 2 aromatic rings. The van der Waals surface area contributed by atoms with Gasteiger partial charge in [-0.3, -0.25) is 9.59 Å². The SMILES string of the molecule is NC(=O)c1ccccc1NC(=O)C=Cc1ccc(Cl)c(Cl)c1. The molecule has 0 heterocycles. The van der Waals surface area contributed by atoms with Gasteiger partial charge in [-0.25, -0.2) is 0 Å². The van der Waals surface area contributed by atoms with E-state index in [-0.39, 0.29) is 11.5 Å². The fourth-order valence-corrected chi connectivity index (χ4v) is 2.08. The third kappa shape index (κ3) is 4.10. The highest BCUT2D eigenvalue weighted by Crippen LogP contribution is 2.23. The number of primary amides is 1. The van der Waals surface area contributed by atoms with Crippen LogP contribution in [0.15, 0.2) is 48.5 Å². The molecule has 0 bridgehead atoms. The monoisotopic (exact) mass is 334 g/mol. The molecule has 0 aliphatic rings. The highest BCUT2D eigenvalue weighted by molar-refractivity contribution is 6.42. The Labute approximate surface area is 137 Å². The molecule has 22 heavy (non-hydrogen) atoms. The minimum absolute atomic E-state index is 0.249. The predicted octanol–water partition coefficient (Wildman–Crippen LogP) is 3.74. The van der Waals surface area contributed by atoms with E-state index in [2.05, 4.69) is 5.32 Å². The largest absolute Gasteiger partial charge is 0.366 e. The molecule has 0 aliphatic carbocycles. The van der Waals surface area contributed by atoms with Crippen LogP contribution in [-0.2, 0) is 4.79 Å². The molecule has 112 valence electrons. The van der Waals surface area contributed by atoms with Crippen LogP contribution in [0.2, 0.25) is 10.0 Å². The molecule has 0 spiro atoms. The normalized spacial score (nSPS) is 10.6. The van der Waals surface area contributed by atoms with Crippen LogP contribution in [0.5, 0.6) is 0 Å². The number of para-hydroxylation sites is 1. The number of anilines is 1. The average molecular weight is 335 g/mol. The van der Waals surface area contributed by atoms with Crippen LogP contribution < -0.4 is 11.1 Å². The molecule has 6 heteroatoms. The van der Waals surface area contributed by atoms with Crippen LogP contribution in [0.25, 0.3) is 6.08 Å². The lowest BCUT2D eigenvalue weighted by Crippen LogP contribution is -2.16. The lowest BCUT2D eigenvalue weighted by atomic mass is 10.1. The van der Waals surface area contributed by atoms with Crippen LogP contribution in [0.4, 0.5) is 5.69 Å². The van der Waals surface area contributed by atoms with Gasteiger partial charge in [0.05, 0.1) is 21.3 Å². The van der Waals surface area contributed by atoms with Gasteiger partial charge in [-0.15, -0.1) is 0 Å². The molecular formula is C16H12Cl2N2O2. The first-order valence-electron chi connectivity index (χ1n) is 6.30. The number of nitrogens with two attached hydrogens (primary N) is 1. The van der Waals surface area contributed by atoms with E-state index in [4.69, 9.17) is 28.9 Å². The average Bonchev–Trinajstić information content (AvgIpc) is 2.49. The van der Waals surface area contributed by atoms with Gasteiger partial charge < -0.3 is 11.1 Å². The van der Waals surface area contributed by atoms with Gasteiger partial charge in [-0.05, 0) is 35.9 Å². The second kappa shape index (κ2) is 7.11. The molecule has 2 amide bonds. The van der Waals surface area contributed by atoms with E-state index >= 15 is 0 Å². The second-order valence-electron chi connectivity index (χ2n) is 4.41. The standard InChI is InChI=1S/C16H12Cl2N2O2/c17-12-7-5-10(9-13(12)18)6-8-15(21)20-14-4-2-1-3-11(14)16(19)22/h1-9H,(H2,19,22)(H,20,21). The van der Waals surface area contributed by atoms with Crippen molar-refractivity contribution in [2.45, 2.75) is 0 Å². The van der Waals surface area contributed by atoms with Gasteiger partial charge in [0.1, 0.15) is 0 Å². The summed E-state index contributed by atoms with van der Waals surface area (Å²) in [6.07, 6.45) is 2.92. The van der Waals surface area contributed by atoms with Crippen molar-refractivity contribution in [2.75, 3.05) is 5.32 Å². The maximum Gasteiger partial charge on any atom is 0.250 e. The van der Waals surface area contributed by atoms with E-state index in [0.717, 1.165) is 5.56 Å². The zero-order valence-electron chi connectivity index (χ0n) is 11.3. The van der Waals surface area contributed by atoms with Crippen LogP contribution in [0.1, 0.15) is 15.9 Å². The Hall–Kier alpha value is -2.30. The number of nitrogens with one attached hydrogen (secondary N) is 1. The molecule has 0 atom stereocenters. The Morgan fingerprint density at radius 3 is 2.45 bits per heavy atom. The molecule has 0 radical (unpaired) electrons. The van der Waals surface area contributed by atoms with Crippen molar-refractivity contribution in [3.8, 4) is 0 Å². The second-order valence-corrected chi connectivity index (χ2v) is 5.22. The molecule has 0 fully saturated rings. The van der Waals surface area contributed by atoms with Crippen molar-refractivity contribution >= 4 is 46.8 Å². The number of carbonyl (C=O) groups is 2. The molecule has 4 nitrogen and oxygen atoms in total. The van der Waals surface area contributed by atoms with E-state index < -0.39 is 5.91 Å². The molecule has 0 saturated heterocycles. The number of benzene rings is 2. The van der Waals surface area contributed by atoms with Crippen LogP contribution >= 0.6 is 23.2 Å². The molecule has 2 aromatic carbocycles. The Bertz CT molecular complexity index is 758. The Morgan fingerprint density at radius 1 is 1.05 bits per heavy atom. The minimum Gasteiger partial charge on any atom is -0.366 e. The van der Waals surface area contributed by atoms with Gasteiger partial charge >= 0.3 is 0 Å². The maximum absolute atomic E-state index is 11.9. The number of hydrogen-bond acceptors (Lipinski definition) is 2. The predicted molar refractivity (Wildman–Crippen MR) is 89.1 cm³/mol. The molecule has 0 aliphatic heterocycles. The summed E-state index contributed by atoms with van der Waals surface area (Å²) in [5.41, 5.74) is 6.59. The summed E-state index contributed by atoms with van der Waals surface area (Å²) >= 11 is 11.7.